The summed E-state index contributed by atoms with van der Waals surface area (Å²) >= 11 is 1.88. The van der Waals surface area contributed by atoms with Crippen LogP contribution in [0.25, 0.3) is 91.5 Å². The van der Waals surface area contributed by atoms with Crippen molar-refractivity contribution >= 4 is 91.9 Å². The van der Waals surface area contributed by atoms with Crippen LogP contribution in [-0.2, 0) is 0 Å². The zero-order valence-corrected chi connectivity index (χ0v) is 32.9. The van der Waals surface area contributed by atoms with Gasteiger partial charge in [-0.3, -0.25) is 0 Å². The van der Waals surface area contributed by atoms with Crippen molar-refractivity contribution in [2.75, 3.05) is 4.90 Å². The Morgan fingerprint density at radius 1 is 0.339 bits per heavy atom. The molecule has 2 aromatic heterocycles. The monoisotopic (exact) mass is 768 g/mol. The lowest BCUT2D eigenvalue weighted by molar-refractivity contribution is 1.18. The fourth-order valence-corrected chi connectivity index (χ4v) is 10.5. The summed E-state index contributed by atoms with van der Waals surface area (Å²) in [4.78, 5) is 2.42. The number of anilines is 3. The van der Waals surface area contributed by atoms with E-state index in [1.807, 2.05) is 11.3 Å². The first kappa shape index (κ1) is 33.7. The Balaban J connectivity index is 1.04. The van der Waals surface area contributed by atoms with Crippen LogP contribution in [0.1, 0.15) is 0 Å². The van der Waals surface area contributed by atoms with E-state index in [-0.39, 0.29) is 0 Å². The molecule has 10 aromatic carbocycles. The molecule has 0 aliphatic carbocycles. The van der Waals surface area contributed by atoms with Crippen molar-refractivity contribution in [1.82, 2.24) is 4.57 Å². The SMILES string of the molecule is c1ccc(N(c2cccc(-c3cccc4c3ccc3ccccc34)c2)c2cc(-c3ccc(-n4c5ccccc5c5ccccc54)cc3)c3sc4ccccc4c3c2)cc1. The van der Waals surface area contributed by atoms with Crippen molar-refractivity contribution < 1.29 is 0 Å². The molecule has 2 heterocycles. The predicted octanol–water partition coefficient (Wildman–Crippen LogP) is 16.3. The number of rotatable bonds is 6. The summed E-state index contributed by atoms with van der Waals surface area (Å²) in [5.41, 5.74) is 11.8. The largest absolute Gasteiger partial charge is 0.310 e. The summed E-state index contributed by atoms with van der Waals surface area (Å²) in [7, 11) is 0. The van der Waals surface area contributed by atoms with Gasteiger partial charge >= 0.3 is 0 Å². The van der Waals surface area contributed by atoms with Crippen LogP contribution >= 0.6 is 11.3 Å². The molecular weight excluding hydrogens is 733 g/mol. The summed E-state index contributed by atoms with van der Waals surface area (Å²) < 4.78 is 4.98. The number of nitrogens with zero attached hydrogens (tertiary/aromatic N) is 2. The molecule has 0 spiro atoms. The first-order valence-corrected chi connectivity index (χ1v) is 21.0. The molecule has 0 fully saturated rings. The molecule has 0 saturated carbocycles. The van der Waals surface area contributed by atoms with E-state index in [4.69, 9.17) is 0 Å². The summed E-state index contributed by atoms with van der Waals surface area (Å²) in [5, 5.41) is 10.2. The topological polar surface area (TPSA) is 8.17 Å². The van der Waals surface area contributed by atoms with Gasteiger partial charge in [-0.15, -0.1) is 11.3 Å². The molecular formula is C56H36N2S. The average molecular weight is 769 g/mol. The second kappa shape index (κ2) is 13.6. The third-order valence-electron chi connectivity index (χ3n) is 12.0. The Kier molecular flexibility index (Phi) is 7.75. The van der Waals surface area contributed by atoms with Crippen LogP contribution in [0.3, 0.4) is 0 Å². The summed E-state index contributed by atoms with van der Waals surface area (Å²) in [6.45, 7) is 0. The van der Waals surface area contributed by atoms with Gasteiger partial charge in [-0.05, 0) is 105 Å². The quantitative estimate of drug-likeness (QED) is 0.153. The number of hydrogen-bond donors (Lipinski definition) is 0. The van der Waals surface area contributed by atoms with Gasteiger partial charge in [0.15, 0.2) is 0 Å². The second-order valence-electron chi connectivity index (χ2n) is 15.3. The maximum atomic E-state index is 2.42. The Labute approximate surface area is 346 Å². The number of benzene rings is 10. The first-order chi connectivity index (χ1) is 29.3. The van der Waals surface area contributed by atoms with E-state index in [1.54, 1.807) is 0 Å². The van der Waals surface area contributed by atoms with Crippen LogP contribution < -0.4 is 4.90 Å². The minimum atomic E-state index is 1.11. The van der Waals surface area contributed by atoms with Gasteiger partial charge in [0.1, 0.15) is 0 Å². The fourth-order valence-electron chi connectivity index (χ4n) is 9.27. The maximum Gasteiger partial charge on any atom is 0.0541 e. The van der Waals surface area contributed by atoms with Gasteiger partial charge in [-0.25, -0.2) is 0 Å². The van der Waals surface area contributed by atoms with Crippen LogP contribution in [0.15, 0.2) is 218 Å². The molecule has 0 N–H and O–H groups in total. The van der Waals surface area contributed by atoms with Gasteiger partial charge in [0.2, 0.25) is 0 Å². The van der Waals surface area contributed by atoms with Crippen molar-refractivity contribution in [3.05, 3.63) is 218 Å². The lowest BCUT2D eigenvalue weighted by atomic mass is 9.94. The van der Waals surface area contributed by atoms with Crippen molar-refractivity contribution in [2.24, 2.45) is 0 Å². The minimum Gasteiger partial charge on any atom is -0.310 e. The highest BCUT2D eigenvalue weighted by molar-refractivity contribution is 7.26. The molecule has 0 radical (unpaired) electrons. The van der Waals surface area contributed by atoms with E-state index in [0.717, 1.165) is 22.7 Å². The normalized spacial score (nSPS) is 11.7. The molecule has 0 amide bonds. The van der Waals surface area contributed by atoms with Crippen LogP contribution in [0.5, 0.6) is 0 Å². The number of para-hydroxylation sites is 3. The molecule has 12 rings (SSSR count). The maximum absolute atomic E-state index is 2.42. The van der Waals surface area contributed by atoms with Crippen LogP contribution in [-0.4, -0.2) is 4.57 Å². The summed E-state index contributed by atoms with van der Waals surface area (Å²) in [6, 6.07) is 80.0. The molecule has 3 heteroatoms. The average Bonchev–Trinajstić information content (AvgIpc) is 3.85. The highest BCUT2D eigenvalue weighted by atomic mass is 32.1. The molecule has 0 bridgehead atoms. The summed E-state index contributed by atoms with van der Waals surface area (Å²) in [6.07, 6.45) is 0. The Morgan fingerprint density at radius 2 is 0.983 bits per heavy atom. The molecule has 0 atom stereocenters. The van der Waals surface area contributed by atoms with Gasteiger partial charge < -0.3 is 9.47 Å². The van der Waals surface area contributed by atoms with Gasteiger partial charge in [-0.1, -0.05) is 152 Å². The Hall–Kier alpha value is -7.46. The third-order valence-corrected chi connectivity index (χ3v) is 13.2. The van der Waals surface area contributed by atoms with E-state index < -0.39 is 0 Å². The predicted molar refractivity (Wildman–Crippen MR) is 254 cm³/mol. The molecule has 276 valence electrons. The first-order valence-electron chi connectivity index (χ1n) is 20.2. The van der Waals surface area contributed by atoms with E-state index in [9.17, 15) is 0 Å². The van der Waals surface area contributed by atoms with Crippen LogP contribution in [0.2, 0.25) is 0 Å². The van der Waals surface area contributed by atoms with Crippen molar-refractivity contribution in [2.45, 2.75) is 0 Å². The molecule has 0 aliphatic rings. The molecule has 0 unspecified atom stereocenters. The van der Waals surface area contributed by atoms with Crippen molar-refractivity contribution in [3.63, 3.8) is 0 Å². The number of thiophene rings is 1. The standard InChI is InChI=1S/C56H36N2S/c1-2-16-40(17-3-1)57(42-18-12-15-39(34-42)45-23-13-24-46-44-19-5-4-14-37(44)30-33-47(45)46)43-35-51(56-52(36-43)50-22-8-11-27-55(50)59-56)38-28-31-41(32-29-38)58-53-25-9-6-20-48(53)49-21-7-10-26-54(49)58/h1-36H. The van der Waals surface area contributed by atoms with Crippen LogP contribution in [0.4, 0.5) is 17.1 Å². The molecule has 12 aromatic rings. The zero-order chi connectivity index (χ0) is 38.9. The van der Waals surface area contributed by atoms with Crippen LogP contribution in [0, 0.1) is 0 Å². The van der Waals surface area contributed by atoms with Gasteiger partial charge in [0.25, 0.3) is 0 Å². The van der Waals surface area contributed by atoms with Gasteiger partial charge in [-0.2, -0.15) is 0 Å². The highest BCUT2D eigenvalue weighted by Gasteiger charge is 2.20. The smallest absolute Gasteiger partial charge is 0.0541 e. The molecule has 59 heavy (non-hydrogen) atoms. The van der Waals surface area contributed by atoms with Gasteiger partial charge in [0.05, 0.1) is 11.0 Å². The lowest BCUT2D eigenvalue weighted by Crippen LogP contribution is -2.10. The van der Waals surface area contributed by atoms with Crippen molar-refractivity contribution in [1.29, 1.82) is 0 Å². The van der Waals surface area contributed by atoms with E-state index in [0.29, 0.717) is 0 Å². The zero-order valence-electron chi connectivity index (χ0n) is 32.1. The fraction of sp³-hybridized carbons (Fsp3) is 0. The van der Waals surface area contributed by atoms with Gasteiger partial charge in [0, 0.05) is 59.3 Å². The molecule has 0 saturated heterocycles. The molecule has 2 nitrogen and oxygen atoms in total. The Bertz CT molecular complexity index is 3500. The highest BCUT2D eigenvalue weighted by Crippen LogP contribution is 2.46. The number of aromatic nitrogens is 1. The number of fused-ring (bicyclic) bond motifs is 9. The van der Waals surface area contributed by atoms with E-state index >= 15 is 0 Å². The Morgan fingerprint density at radius 3 is 1.78 bits per heavy atom. The lowest BCUT2D eigenvalue weighted by Gasteiger charge is -2.27. The van der Waals surface area contributed by atoms with Crippen molar-refractivity contribution in [3.8, 4) is 27.9 Å². The number of hydrogen-bond acceptors (Lipinski definition) is 2. The van der Waals surface area contributed by atoms with E-state index in [2.05, 4.69) is 228 Å². The molecule has 0 aliphatic heterocycles. The van der Waals surface area contributed by atoms with E-state index in [1.165, 1.54) is 85.8 Å². The third kappa shape index (κ3) is 5.47. The summed E-state index contributed by atoms with van der Waals surface area (Å²) in [5.74, 6) is 0. The minimum absolute atomic E-state index is 1.11. The second-order valence-corrected chi connectivity index (χ2v) is 16.3.